The fourth-order valence-electron chi connectivity index (χ4n) is 1.93. The fraction of sp³-hybridized carbons (Fsp3) is 0.176. The van der Waals surface area contributed by atoms with Gasteiger partial charge in [-0.15, -0.1) is 0 Å². The van der Waals surface area contributed by atoms with Gasteiger partial charge in [0.2, 0.25) is 0 Å². The zero-order valence-corrected chi connectivity index (χ0v) is 12.6. The molecule has 0 bridgehead atoms. The minimum absolute atomic E-state index is 0.0164. The van der Waals surface area contributed by atoms with Crippen LogP contribution in [0.5, 0.6) is 5.75 Å². The lowest BCUT2D eigenvalue weighted by Gasteiger charge is -2.10. The predicted octanol–water partition coefficient (Wildman–Crippen LogP) is 3.02. The van der Waals surface area contributed by atoms with E-state index in [1.165, 1.54) is 30.3 Å². The van der Waals surface area contributed by atoms with E-state index in [2.05, 4.69) is 5.32 Å². The maximum absolute atomic E-state index is 12.8. The Balaban J connectivity index is 1.93. The number of hydrogen-bond donors (Lipinski definition) is 2. The number of hydrogen-bond acceptors (Lipinski definition) is 4. The highest BCUT2D eigenvalue weighted by Gasteiger charge is 2.09. The molecule has 0 spiro atoms. The minimum atomic E-state index is -0.398. The summed E-state index contributed by atoms with van der Waals surface area (Å²) in [6, 6.07) is 10.1. The Kier molecular flexibility index (Phi) is 5.30. The lowest BCUT2D eigenvalue weighted by molar-refractivity contribution is -0.118. The molecule has 1 amide bonds. The third kappa shape index (κ3) is 4.54. The highest BCUT2D eigenvalue weighted by Crippen LogP contribution is 2.23. The summed E-state index contributed by atoms with van der Waals surface area (Å²) < 4.78 is 18.1. The molecular weight excluding hydrogens is 299 g/mol. The number of ether oxygens (including phenoxy) is 1. The normalized spacial score (nSPS) is 10.2. The van der Waals surface area contributed by atoms with E-state index in [9.17, 15) is 14.0 Å². The van der Waals surface area contributed by atoms with Crippen molar-refractivity contribution < 1.29 is 18.7 Å². The summed E-state index contributed by atoms with van der Waals surface area (Å²) in [6.07, 6.45) is 0.389. The number of nitrogens with two attached hydrogens (primary N) is 1. The average molecular weight is 316 g/mol. The van der Waals surface area contributed by atoms with Crippen molar-refractivity contribution in [3.63, 3.8) is 0 Å². The second kappa shape index (κ2) is 7.40. The van der Waals surface area contributed by atoms with Crippen molar-refractivity contribution in [1.29, 1.82) is 0 Å². The van der Waals surface area contributed by atoms with E-state index in [0.717, 1.165) is 0 Å². The van der Waals surface area contributed by atoms with Crippen molar-refractivity contribution in [1.82, 2.24) is 0 Å². The monoisotopic (exact) mass is 316 g/mol. The number of halogens is 1. The average Bonchev–Trinajstić information content (AvgIpc) is 2.55. The summed E-state index contributed by atoms with van der Waals surface area (Å²) in [5.74, 6) is -0.470. The largest absolute Gasteiger partial charge is 0.482 e. The molecule has 0 aromatic heterocycles. The van der Waals surface area contributed by atoms with Gasteiger partial charge in [0, 0.05) is 17.7 Å². The number of carbonyl (C=O) groups excluding carboxylic acids is 2. The van der Waals surface area contributed by atoms with Gasteiger partial charge in [0.25, 0.3) is 5.91 Å². The van der Waals surface area contributed by atoms with Gasteiger partial charge in [-0.1, -0.05) is 6.92 Å². The topological polar surface area (TPSA) is 81.4 Å². The number of rotatable bonds is 6. The van der Waals surface area contributed by atoms with Crippen molar-refractivity contribution in [2.75, 3.05) is 17.7 Å². The first-order chi connectivity index (χ1) is 11.0. The maximum Gasteiger partial charge on any atom is 0.262 e. The number of carbonyl (C=O) groups is 2. The van der Waals surface area contributed by atoms with Crippen LogP contribution in [0.1, 0.15) is 23.7 Å². The molecular formula is C17H17FN2O3. The number of benzene rings is 2. The molecule has 0 unspecified atom stereocenters. The van der Waals surface area contributed by atoms with E-state index in [1.807, 2.05) is 0 Å². The van der Waals surface area contributed by atoms with E-state index >= 15 is 0 Å². The zero-order valence-electron chi connectivity index (χ0n) is 12.6. The van der Waals surface area contributed by atoms with Crippen LogP contribution >= 0.6 is 0 Å². The first-order valence-corrected chi connectivity index (χ1v) is 7.10. The number of nitrogen functional groups attached to an aromatic ring is 1. The highest BCUT2D eigenvalue weighted by atomic mass is 19.1. The lowest BCUT2D eigenvalue weighted by Crippen LogP contribution is -2.20. The quantitative estimate of drug-likeness (QED) is 0.634. The van der Waals surface area contributed by atoms with Gasteiger partial charge >= 0.3 is 0 Å². The molecule has 120 valence electrons. The van der Waals surface area contributed by atoms with Gasteiger partial charge < -0.3 is 15.8 Å². The van der Waals surface area contributed by atoms with E-state index in [4.69, 9.17) is 10.5 Å². The molecule has 0 saturated heterocycles. The van der Waals surface area contributed by atoms with Gasteiger partial charge in [-0.05, 0) is 42.5 Å². The van der Waals surface area contributed by atoms with E-state index in [-0.39, 0.29) is 18.2 Å². The van der Waals surface area contributed by atoms with Gasteiger partial charge in [0.15, 0.2) is 12.4 Å². The SMILES string of the molecule is CCC(=O)c1ccc(OCC(=O)Nc2ccc(F)cc2)c(N)c1. The first kappa shape index (κ1) is 16.5. The molecule has 3 N–H and O–H groups in total. The number of Topliss-reactive ketones (excluding diaryl/α,β-unsaturated/α-hetero) is 1. The van der Waals surface area contributed by atoms with Crippen molar-refractivity contribution in [2.45, 2.75) is 13.3 Å². The maximum atomic E-state index is 12.8. The summed E-state index contributed by atoms with van der Waals surface area (Å²) in [5.41, 5.74) is 7.09. The molecule has 0 saturated carbocycles. The zero-order chi connectivity index (χ0) is 16.8. The number of anilines is 2. The number of nitrogens with one attached hydrogen (secondary N) is 1. The minimum Gasteiger partial charge on any atom is -0.482 e. The fourth-order valence-corrected chi connectivity index (χ4v) is 1.93. The number of amides is 1. The first-order valence-electron chi connectivity index (χ1n) is 7.10. The molecule has 0 atom stereocenters. The molecule has 6 heteroatoms. The molecule has 5 nitrogen and oxygen atoms in total. The van der Waals surface area contributed by atoms with Gasteiger partial charge in [0.1, 0.15) is 11.6 Å². The van der Waals surface area contributed by atoms with Crippen molar-refractivity contribution in [3.8, 4) is 5.75 Å². The molecule has 23 heavy (non-hydrogen) atoms. The van der Waals surface area contributed by atoms with Gasteiger partial charge in [-0.3, -0.25) is 9.59 Å². The summed E-state index contributed by atoms with van der Waals surface area (Å²) in [6.45, 7) is 1.52. The Morgan fingerprint density at radius 3 is 2.48 bits per heavy atom. The second-order valence-electron chi connectivity index (χ2n) is 4.87. The van der Waals surface area contributed by atoms with Crippen LogP contribution in [0.25, 0.3) is 0 Å². The van der Waals surface area contributed by atoms with Gasteiger partial charge in [-0.25, -0.2) is 4.39 Å². The Morgan fingerprint density at radius 1 is 1.17 bits per heavy atom. The van der Waals surface area contributed by atoms with Crippen molar-refractivity contribution in [3.05, 3.63) is 53.8 Å². The van der Waals surface area contributed by atoms with Gasteiger partial charge in [0.05, 0.1) is 5.69 Å². The van der Waals surface area contributed by atoms with Crippen LogP contribution in [0.15, 0.2) is 42.5 Å². The molecule has 0 aliphatic rings. The Bertz CT molecular complexity index is 714. The molecule has 2 aromatic rings. The predicted molar refractivity (Wildman–Crippen MR) is 86.0 cm³/mol. The smallest absolute Gasteiger partial charge is 0.262 e. The van der Waals surface area contributed by atoms with Crippen LogP contribution in [0.3, 0.4) is 0 Å². The molecule has 0 heterocycles. The number of ketones is 1. The molecule has 0 fully saturated rings. The van der Waals surface area contributed by atoms with Crippen LogP contribution in [0.4, 0.5) is 15.8 Å². The molecule has 2 rings (SSSR count). The summed E-state index contributed by atoms with van der Waals surface area (Å²) in [5, 5.41) is 2.57. The van der Waals surface area contributed by atoms with E-state index in [0.29, 0.717) is 29.1 Å². The standard InChI is InChI=1S/C17H17FN2O3/c1-2-15(21)11-3-8-16(14(19)9-11)23-10-17(22)20-13-6-4-12(18)5-7-13/h3-9H,2,10,19H2,1H3,(H,20,22). The summed E-state index contributed by atoms with van der Waals surface area (Å²) in [7, 11) is 0. The second-order valence-corrected chi connectivity index (χ2v) is 4.87. The van der Waals surface area contributed by atoms with Crippen LogP contribution < -0.4 is 15.8 Å². The Labute approximate surface area is 133 Å². The Hall–Kier alpha value is -2.89. The van der Waals surface area contributed by atoms with Crippen LogP contribution in [0.2, 0.25) is 0 Å². The van der Waals surface area contributed by atoms with Crippen molar-refractivity contribution >= 4 is 23.1 Å². The van der Waals surface area contributed by atoms with E-state index in [1.54, 1.807) is 19.1 Å². The molecule has 0 radical (unpaired) electrons. The molecule has 2 aromatic carbocycles. The summed E-state index contributed by atoms with van der Waals surface area (Å²) in [4.78, 5) is 23.4. The van der Waals surface area contributed by atoms with Gasteiger partial charge in [-0.2, -0.15) is 0 Å². The Morgan fingerprint density at radius 2 is 1.87 bits per heavy atom. The van der Waals surface area contributed by atoms with Crippen LogP contribution in [0, 0.1) is 5.82 Å². The van der Waals surface area contributed by atoms with Crippen LogP contribution in [-0.4, -0.2) is 18.3 Å². The van der Waals surface area contributed by atoms with Crippen LogP contribution in [-0.2, 0) is 4.79 Å². The van der Waals surface area contributed by atoms with E-state index < -0.39 is 5.91 Å². The highest BCUT2D eigenvalue weighted by molar-refractivity contribution is 5.97. The third-order valence-electron chi connectivity index (χ3n) is 3.14. The molecule has 0 aliphatic heterocycles. The lowest BCUT2D eigenvalue weighted by atomic mass is 10.1. The van der Waals surface area contributed by atoms with Crippen molar-refractivity contribution in [2.24, 2.45) is 0 Å². The molecule has 0 aliphatic carbocycles. The third-order valence-corrected chi connectivity index (χ3v) is 3.14. The summed E-state index contributed by atoms with van der Waals surface area (Å²) >= 11 is 0.